The first-order valence-corrected chi connectivity index (χ1v) is 10.8. The minimum Gasteiger partial charge on any atom is -0.365 e. The molecule has 0 aromatic carbocycles. The van der Waals surface area contributed by atoms with Gasteiger partial charge in [0, 0.05) is 24.3 Å². The standard InChI is InChI=1S/C16H23FN2Si/c1-13-7-5-6-9-19(13)15-11-14(12-18-16(15)17)8-10-20(2,3)4/h11-13H,5-7,9H2,1-4H3/t13-/m0/s1. The van der Waals surface area contributed by atoms with Crippen LogP contribution in [0.1, 0.15) is 31.7 Å². The fourth-order valence-electron chi connectivity index (χ4n) is 2.42. The second-order valence-electron chi connectivity index (χ2n) is 6.57. The zero-order valence-electron chi connectivity index (χ0n) is 12.8. The van der Waals surface area contributed by atoms with Gasteiger partial charge in [0.15, 0.2) is 0 Å². The van der Waals surface area contributed by atoms with Gasteiger partial charge in [-0.05, 0) is 32.3 Å². The van der Waals surface area contributed by atoms with Gasteiger partial charge in [0.05, 0.1) is 5.69 Å². The Kier molecular flexibility index (Phi) is 4.49. The second kappa shape index (κ2) is 5.97. The van der Waals surface area contributed by atoms with Gasteiger partial charge in [-0.25, -0.2) is 4.98 Å². The summed E-state index contributed by atoms with van der Waals surface area (Å²) in [6.45, 7) is 9.66. The minimum absolute atomic E-state index is 0.375. The number of hydrogen-bond donors (Lipinski definition) is 0. The molecule has 1 aliphatic heterocycles. The molecule has 1 saturated heterocycles. The molecule has 1 aromatic rings. The van der Waals surface area contributed by atoms with E-state index in [1.807, 2.05) is 6.07 Å². The maximum Gasteiger partial charge on any atom is 0.236 e. The van der Waals surface area contributed by atoms with Crippen LogP contribution in [0.5, 0.6) is 0 Å². The Hall–Kier alpha value is -1.34. The van der Waals surface area contributed by atoms with Crippen LogP contribution in [0.3, 0.4) is 0 Å². The number of aromatic nitrogens is 1. The lowest BCUT2D eigenvalue weighted by Gasteiger charge is -2.35. The molecule has 1 aliphatic rings. The molecule has 0 amide bonds. The van der Waals surface area contributed by atoms with Gasteiger partial charge in [0.2, 0.25) is 5.95 Å². The maximum absolute atomic E-state index is 14.0. The highest BCUT2D eigenvalue weighted by molar-refractivity contribution is 6.83. The molecule has 0 spiro atoms. The smallest absolute Gasteiger partial charge is 0.236 e. The molecule has 1 fully saturated rings. The molecule has 0 aliphatic carbocycles. The van der Waals surface area contributed by atoms with E-state index in [1.165, 1.54) is 6.42 Å². The largest absolute Gasteiger partial charge is 0.365 e. The van der Waals surface area contributed by atoms with E-state index < -0.39 is 8.07 Å². The first-order valence-electron chi connectivity index (χ1n) is 7.32. The summed E-state index contributed by atoms with van der Waals surface area (Å²) >= 11 is 0. The lowest BCUT2D eigenvalue weighted by atomic mass is 10.0. The van der Waals surface area contributed by atoms with E-state index in [2.05, 4.69) is 47.9 Å². The van der Waals surface area contributed by atoms with Crippen molar-refractivity contribution in [3.05, 3.63) is 23.8 Å². The van der Waals surface area contributed by atoms with Crippen LogP contribution in [0.2, 0.25) is 19.6 Å². The molecule has 0 unspecified atom stereocenters. The summed E-state index contributed by atoms with van der Waals surface area (Å²) in [5, 5.41) is 0. The van der Waals surface area contributed by atoms with Crippen molar-refractivity contribution in [3.63, 3.8) is 0 Å². The van der Waals surface area contributed by atoms with Crippen LogP contribution < -0.4 is 4.90 Å². The summed E-state index contributed by atoms with van der Waals surface area (Å²) < 4.78 is 14.0. The molecule has 2 heterocycles. The van der Waals surface area contributed by atoms with Crippen molar-refractivity contribution >= 4 is 13.8 Å². The van der Waals surface area contributed by atoms with E-state index in [-0.39, 0.29) is 5.95 Å². The summed E-state index contributed by atoms with van der Waals surface area (Å²) in [7, 11) is -1.42. The SMILES string of the molecule is C[C@H]1CCCCN1c1cc(C#C[Si](C)(C)C)cnc1F. The predicted molar refractivity (Wildman–Crippen MR) is 85.1 cm³/mol. The molecule has 0 saturated carbocycles. The fraction of sp³-hybridized carbons (Fsp3) is 0.562. The minimum atomic E-state index is -1.42. The molecular formula is C16H23FN2Si. The Bertz CT molecular complexity index is 540. The van der Waals surface area contributed by atoms with Gasteiger partial charge in [-0.3, -0.25) is 0 Å². The van der Waals surface area contributed by atoms with Crippen LogP contribution in [0.4, 0.5) is 10.1 Å². The summed E-state index contributed by atoms with van der Waals surface area (Å²) in [6, 6.07) is 2.23. The number of anilines is 1. The lowest BCUT2D eigenvalue weighted by molar-refractivity contribution is 0.471. The van der Waals surface area contributed by atoms with Crippen molar-refractivity contribution in [2.24, 2.45) is 0 Å². The number of nitrogens with zero attached hydrogens (tertiary/aromatic N) is 2. The van der Waals surface area contributed by atoms with Crippen LogP contribution in [-0.4, -0.2) is 25.6 Å². The monoisotopic (exact) mass is 290 g/mol. The van der Waals surface area contributed by atoms with E-state index in [4.69, 9.17) is 0 Å². The summed E-state index contributed by atoms with van der Waals surface area (Å²) in [5.74, 6) is 2.78. The zero-order valence-corrected chi connectivity index (χ0v) is 13.8. The molecule has 2 nitrogen and oxygen atoms in total. The summed E-state index contributed by atoms with van der Waals surface area (Å²) in [6.07, 6.45) is 5.00. The van der Waals surface area contributed by atoms with Crippen LogP contribution >= 0.6 is 0 Å². The zero-order chi connectivity index (χ0) is 14.8. The topological polar surface area (TPSA) is 16.1 Å². The molecule has 0 radical (unpaired) electrons. The van der Waals surface area contributed by atoms with Crippen molar-refractivity contribution in [3.8, 4) is 11.5 Å². The first kappa shape index (κ1) is 15.1. The molecule has 20 heavy (non-hydrogen) atoms. The van der Waals surface area contributed by atoms with E-state index in [1.54, 1.807) is 6.20 Å². The number of halogens is 1. The first-order chi connectivity index (χ1) is 9.37. The third-order valence-corrected chi connectivity index (χ3v) is 4.39. The molecule has 0 N–H and O–H groups in total. The molecule has 1 aromatic heterocycles. The molecule has 108 valence electrons. The van der Waals surface area contributed by atoms with E-state index >= 15 is 0 Å². The lowest BCUT2D eigenvalue weighted by Crippen LogP contribution is -2.38. The highest BCUT2D eigenvalue weighted by Gasteiger charge is 2.22. The van der Waals surface area contributed by atoms with E-state index in [9.17, 15) is 4.39 Å². The Morgan fingerprint density at radius 2 is 2.10 bits per heavy atom. The van der Waals surface area contributed by atoms with E-state index in [0.717, 1.165) is 24.9 Å². The number of pyridine rings is 1. The third kappa shape index (κ3) is 3.83. The highest BCUT2D eigenvalue weighted by Crippen LogP contribution is 2.26. The van der Waals surface area contributed by atoms with Crippen molar-refractivity contribution < 1.29 is 4.39 Å². The summed E-state index contributed by atoms with van der Waals surface area (Å²) in [4.78, 5) is 6.02. The van der Waals surface area contributed by atoms with Crippen molar-refractivity contribution in [1.82, 2.24) is 4.98 Å². The predicted octanol–water partition coefficient (Wildman–Crippen LogP) is 3.83. The number of hydrogen-bond acceptors (Lipinski definition) is 2. The van der Waals surface area contributed by atoms with Crippen LogP contribution in [0, 0.1) is 17.4 Å². The average Bonchev–Trinajstić information content (AvgIpc) is 2.38. The van der Waals surface area contributed by atoms with E-state index in [0.29, 0.717) is 11.7 Å². The van der Waals surface area contributed by atoms with Gasteiger partial charge < -0.3 is 4.90 Å². The maximum atomic E-state index is 14.0. The number of rotatable bonds is 1. The van der Waals surface area contributed by atoms with Crippen LogP contribution in [0.25, 0.3) is 0 Å². The quantitative estimate of drug-likeness (QED) is 0.444. The Labute approximate surface area is 122 Å². The van der Waals surface area contributed by atoms with Gasteiger partial charge >= 0.3 is 0 Å². The Balaban J connectivity index is 2.30. The Morgan fingerprint density at radius 1 is 1.35 bits per heavy atom. The third-order valence-electron chi connectivity index (χ3n) is 3.51. The van der Waals surface area contributed by atoms with Gasteiger partial charge in [-0.1, -0.05) is 25.6 Å². The second-order valence-corrected chi connectivity index (χ2v) is 11.3. The molecule has 0 bridgehead atoms. The van der Waals surface area contributed by atoms with Crippen molar-refractivity contribution in [2.45, 2.75) is 51.9 Å². The molecule has 2 rings (SSSR count). The van der Waals surface area contributed by atoms with Gasteiger partial charge in [-0.2, -0.15) is 4.39 Å². The summed E-state index contributed by atoms with van der Waals surface area (Å²) in [5.41, 5.74) is 4.74. The Morgan fingerprint density at radius 3 is 2.75 bits per heavy atom. The number of piperidine rings is 1. The van der Waals surface area contributed by atoms with Gasteiger partial charge in [0.25, 0.3) is 0 Å². The van der Waals surface area contributed by atoms with Crippen LogP contribution in [0.15, 0.2) is 12.3 Å². The molecular weight excluding hydrogens is 267 g/mol. The molecule has 4 heteroatoms. The molecule has 1 atom stereocenters. The van der Waals surface area contributed by atoms with Crippen molar-refractivity contribution in [2.75, 3.05) is 11.4 Å². The van der Waals surface area contributed by atoms with Crippen molar-refractivity contribution in [1.29, 1.82) is 0 Å². The van der Waals surface area contributed by atoms with Gasteiger partial charge in [-0.15, -0.1) is 5.54 Å². The average molecular weight is 290 g/mol. The highest BCUT2D eigenvalue weighted by atomic mass is 28.3. The van der Waals surface area contributed by atoms with Crippen LogP contribution in [-0.2, 0) is 0 Å². The fourth-order valence-corrected chi connectivity index (χ4v) is 2.94. The van der Waals surface area contributed by atoms with Gasteiger partial charge in [0.1, 0.15) is 8.07 Å². The normalized spacial score (nSPS) is 19.4.